The van der Waals surface area contributed by atoms with Gasteiger partial charge >= 0.3 is 0 Å². The Bertz CT molecular complexity index is 1060. The lowest BCUT2D eigenvalue weighted by Gasteiger charge is -2.12. The molecule has 0 unspecified atom stereocenters. The van der Waals surface area contributed by atoms with E-state index in [-0.39, 0.29) is 17.2 Å². The number of rotatable bonds is 9. The predicted molar refractivity (Wildman–Crippen MR) is 117 cm³/mol. The van der Waals surface area contributed by atoms with E-state index in [2.05, 4.69) is 5.32 Å². The molecule has 0 atom stereocenters. The molecule has 30 heavy (non-hydrogen) atoms. The Morgan fingerprint density at radius 3 is 2.60 bits per heavy atom. The first kappa shape index (κ1) is 21.1. The molecule has 2 aromatic carbocycles. The van der Waals surface area contributed by atoms with E-state index in [0.717, 1.165) is 11.1 Å². The average molecular weight is 404 g/mol. The van der Waals surface area contributed by atoms with Crippen molar-refractivity contribution in [3.8, 4) is 5.75 Å². The molecule has 6 heteroatoms. The summed E-state index contributed by atoms with van der Waals surface area (Å²) in [5, 5.41) is 2.77. The minimum Gasteiger partial charge on any atom is -0.489 e. The van der Waals surface area contributed by atoms with Crippen LogP contribution in [0.15, 0.2) is 83.8 Å². The van der Waals surface area contributed by atoms with Gasteiger partial charge in [0.05, 0.1) is 6.61 Å². The third-order valence-corrected chi connectivity index (χ3v) is 4.32. The second-order valence-corrected chi connectivity index (χ2v) is 6.53. The molecule has 1 heterocycles. The number of carbonyl (C=O) groups is 1. The standard InChI is InChI=1S/C24H24N2O4/c1-29-15-13-25-24(28)22(26-14-6-5-12-23(26)27)17-20-10-7-11-21(16-20)30-18-19-8-3-2-4-9-19/h2-12,14,16-17H,13,15,18H2,1H3,(H,25,28)/b22-17+. The Morgan fingerprint density at radius 2 is 1.83 bits per heavy atom. The van der Waals surface area contributed by atoms with Crippen LogP contribution >= 0.6 is 0 Å². The maximum absolute atomic E-state index is 12.7. The number of pyridine rings is 1. The van der Waals surface area contributed by atoms with Crippen LogP contribution in [0.5, 0.6) is 5.75 Å². The van der Waals surface area contributed by atoms with Crippen LogP contribution in [-0.4, -0.2) is 30.7 Å². The molecule has 0 aliphatic carbocycles. The van der Waals surface area contributed by atoms with Crippen LogP contribution in [0.3, 0.4) is 0 Å². The summed E-state index contributed by atoms with van der Waals surface area (Å²) in [5.41, 5.74) is 1.74. The Hall–Kier alpha value is -3.64. The normalized spacial score (nSPS) is 11.2. The Labute approximate surface area is 175 Å². The van der Waals surface area contributed by atoms with Gasteiger partial charge in [0.25, 0.3) is 11.5 Å². The number of amides is 1. The smallest absolute Gasteiger partial charge is 0.268 e. The molecule has 1 amide bonds. The molecule has 0 fully saturated rings. The highest BCUT2D eigenvalue weighted by Gasteiger charge is 2.13. The number of aromatic nitrogens is 1. The maximum atomic E-state index is 12.7. The minimum absolute atomic E-state index is 0.219. The van der Waals surface area contributed by atoms with Gasteiger partial charge in [-0.05, 0) is 35.4 Å². The van der Waals surface area contributed by atoms with Crippen LogP contribution in [0, 0.1) is 0 Å². The van der Waals surface area contributed by atoms with E-state index in [1.54, 1.807) is 31.5 Å². The van der Waals surface area contributed by atoms with E-state index in [1.807, 2.05) is 54.6 Å². The SMILES string of the molecule is COCCNC(=O)/C(=C\c1cccc(OCc2ccccc2)c1)n1ccccc1=O. The lowest BCUT2D eigenvalue weighted by atomic mass is 10.1. The van der Waals surface area contributed by atoms with Crippen molar-refractivity contribution in [2.75, 3.05) is 20.3 Å². The van der Waals surface area contributed by atoms with E-state index in [0.29, 0.717) is 25.5 Å². The van der Waals surface area contributed by atoms with E-state index >= 15 is 0 Å². The lowest BCUT2D eigenvalue weighted by Crippen LogP contribution is -2.32. The fourth-order valence-electron chi connectivity index (χ4n) is 2.82. The molecular weight excluding hydrogens is 380 g/mol. The topological polar surface area (TPSA) is 69.6 Å². The summed E-state index contributed by atoms with van der Waals surface area (Å²) in [7, 11) is 1.56. The van der Waals surface area contributed by atoms with Crippen molar-refractivity contribution in [2.24, 2.45) is 0 Å². The second-order valence-electron chi connectivity index (χ2n) is 6.53. The average Bonchev–Trinajstić information content (AvgIpc) is 2.78. The molecule has 0 aliphatic heterocycles. The van der Waals surface area contributed by atoms with Crippen LogP contribution in [0.1, 0.15) is 11.1 Å². The number of hydrogen-bond donors (Lipinski definition) is 1. The highest BCUT2D eigenvalue weighted by atomic mass is 16.5. The highest BCUT2D eigenvalue weighted by molar-refractivity contribution is 6.18. The summed E-state index contributed by atoms with van der Waals surface area (Å²) in [6.45, 7) is 1.16. The maximum Gasteiger partial charge on any atom is 0.268 e. The third-order valence-electron chi connectivity index (χ3n) is 4.32. The van der Waals surface area contributed by atoms with Crippen molar-refractivity contribution in [3.63, 3.8) is 0 Å². The number of nitrogens with zero attached hydrogens (tertiary/aromatic N) is 1. The van der Waals surface area contributed by atoms with Crippen LogP contribution in [0.2, 0.25) is 0 Å². The van der Waals surface area contributed by atoms with Crippen LogP contribution in [0.25, 0.3) is 11.8 Å². The first-order chi connectivity index (χ1) is 14.7. The molecule has 1 aromatic heterocycles. The van der Waals surface area contributed by atoms with E-state index in [4.69, 9.17) is 9.47 Å². The fourth-order valence-corrected chi connectivity index (χ4v) is 2.82. The number of benzene rings is 2. The van der Waals surface area contributed by atoms with E-state index < -0.39 is 0 Å². The summed E-state index contributed by atoms with van der Waals surface area (Å²) in [6.07, 6.45) is 3.23. The van der Waals surface area contributed by atoms with Gasteiger partial charge in [-0.15, -0.1) is 0 Å². The number of nitrogens with one attached hydrogen (secondary N) is 1. The summed E-state index contributed by atoms with van der Waals surface area (Å²) in [4.78, 5) is 25.0. The number of carbonyl (C=O) groups excluding carboxylic acids is 1. The van der Waals surface area contributed by atoms with Gasteiger partial charge in [-0.3, -0.25) is 14.2 Å². The zero-order valence-corrected chi connectivity index (χ0v) is 16.8. The molecule has 0 radical (unpaired) electrons. The quantitative estimate of drug-likeness (QED) is 0.439. The van der Waals surface area contributed by atoms with Gasteiger partial charge in [-0.2, -0.15) is 0 Å². The number of methoxy groups -OCH3 is 1. The lowest BCUT2D eigenvalue weighted by molar-refractivity contribution is -0.116. The van der Waals surface area contributed by atoms with Crippen molar-refractivity contribution in [1.29, 1.82) is 0 Å². The predicted octanol–water partition coefficient (Wildman–Crippen LogP) is 3.19. The second kappa shape index (κ2) is 10.8. The molecule has 1 N–H and O–H groups in total. The molecule has 3 rings (SSSR count). The molecule has 0 bridgehead atoms. The van der Waals surface area contributed by atoms with Gasteiger partial charge in [-0.1, -0.05) is 48.5 Å². The molecule has 6 nitrogen and oxygen atoms in total. The zero-order valence-electron chi connectivity index (χ0n) is 16.8. The van der Waals surface area contributed by atoms with Gasteiger partial charge in [0.1, 0.15) is 18.1 Å². The molecular formula is C24H24N2O4. The molecule has 0 aliphatic rings. The Balaban J connectivity index is 1.85. The summed E-state index contributed by atoms with van der Waals surface area (Å²) in [6, 6.07) is 22.0. The third kappa shape index (κ3) is 5.93. The molecule has 0 saturated heterocycles. The summed E-state index contributed by atoms with van der Waals surface area (Å²) < 4.78 is 12.2. The fraction of sp³-hybridized carbons (Fsp3) is 0.167. The van der Waals surface area contributed by atoms with Crippen molar-refractivity contribution >= 4 is 17.7 Å². The van der Waals surface area contributed by atoms with Gasteiger partial charge in [0.2, 0.25) is 0 Å². The summed E-state index contributed by atoms with van der Waals surface area (Å²) in [5.74, 6) is 0.308. The van der Waals surface area contributed by atoms with Crippen molar-refractivity contribution in [1.82, 2.24) is 9.88 Å². The van der Waals surface area contributed by atoms with Crippen LogP contribution < -0.4 is 15.6 Å². The number of hydrogen-bond acceptors (Lipinski definition) is 4. The van der Waals surface area contributed by atoms with Crippen LogP contribution in [-0.2, 0) is 16.1 Å². The van der Waals surface area contributed by atoms with Gasteiger partial charge in [0.15, 0.2) is 0 Å². The number of ether oxygens (including phenoxy) is 2. The molecule has 3 aromatic rings. The molecule has 154 valence electrons. The first-order valence-electron chi connectivity index (χ1n) is 9.61. The van der Waals surface area contributed by atoms with Gasteiger partial charge in [0, 0.05) is 25.9 Å². The van der Waals surface area contributed by atoms with E-state index in [1.165, 1.54) is 10.6 Å². The summed E-state index contributed by atoms with van der Waals surface area (Å²) >= 11 is 0. The Kier molecular flexibility index (Phi) is 7.58. The van der Waals surface area contributed by atoms with Gasteiger partial charge in [-0.25, -0.2) is 0 Å². The van der Waals surface area contributed by atoms with Crippen molar-refractivity contribution in [3.05, 3.63) is 100 Å². The van der Waals surface area contributed by atoms with E-state index in [9.17, 15) is 9.59 Å². The molecule has 0 spiro atoms. The van der Waals surface area contributed by atoms with Crippen LogP contribution in [0.4, 0.5) is 0 Å². The zero-order chi connectivity index (χ0) is 21.2. The first-order valence-corrected chi connectivity index (χ1v) is 9.61. The monoisotopic (exact) mass is 404 g/mol. The van der Waals surface area contributed by atoms with Crippen molar-refractivity contribution in [2.45, 2.75) is 6.61 Å². The minimum atomic E-state index is -0.365. The Morgan fingerprint density at radius 1 is 1.03 bits per heavy atom. The highest BCUT2D eigenvalue weighted by Crippen LogP contribution is 2.18. The molecule has 0 saturated carbocycles. The van der Waals surface area contributed by atoms with Crippen molar-refractivity contribution < 1.29 is 14.3 Å². The largest absolute Gasteiger partial charge is 0.489 e. The van der Waals surface area contributed by atoms with Gasteiger partial charge < -0.3 is 14.8 Å².